The molecule has 0 radical (unpaired) electrons. The summed E-state index contributed by atoms with van der Waals surface area (Å²) in [6, 6.07) is -0.812. The minimum absolute atomic E-state index is 0.463. The summed E-state index contributed by atoms with van der Waals surface area (Å²) in [6.07, 6.45) is -2.35. The number of nitrogens with one attached hydrogen (secondary N) is 3. The largest absolute Gasteiger partial charge is 0.469 e. The van der Waals surface area contributed by atoms with Crippen LogP contribution in [-0.4, -0.2) is 30.1 Å². The Hall–Kier alpha value is -2.52. The minimum atomic E-state index is -4.65. The number of hydrogen-bond donors (Lipinski definition) is 3. The van der Waals surface area contributed by atoms with Gasteiger partial charge in [-0.2, -0.15) is 13.2 Å². The van der Waals surface area contributed by atoms with Crippen LogP contribution in [-0.2, 0) is 15.7 Å². The lowest BCUT2D eigenvalue weighted by Gasteiger charge is -2.19. The highest BCUT2D eigenvalue weighted by Gasteiger charge is 2.35. The predicted octanol–water partition coefficient (Wildman–Crippen LogP) is 1.86. The van der Waals surface area contributed by atoms with E-state index in [-0.39, 0.29) is 0 Å². The van der Waals surface area contributed by atoms with Crippen LogP contribution in [0.1, 0.15) is 24.8 Å². The topological polar surface area (TPSA) is 100 Å². The van der Waals surface area contributed by atoms with Crippen LogP contribution < -0.4 is 16.2 Å². The molecule has 24 heavy (non-hydrogen) atoms. The molecule has 132 valence electrons. The molecule has 0 aliphatic heterocycles. The van der Waals surface area contributed by atoms with Gasteiger partial charge in [-0.15, -0.1) is 0 Å². The highest BCUT2D eigenvalue weighted by molar-refractivity contribution is 5.89. The van der Waals surface area contributed by atoms with Crippen molar-refractivity contribution in [1.29, 1.82) is 0 Å². The summed E-state index contributed by atoms with van der Waals surface area (Å²) in [4.78, 5) is 37.0. The number of methoxy groups -OCH3 is 1. The number of urea groups is 1. The van der Waals surface area contributed by atoms with E-state index < -0.39 is 46.9 Å². The van der Waals surface area contributed by atoms with Gasteiger partial charge in [0.1, 0.15) is 5.69 Å². The van der Waals surface area contributed by atoms with Crippen molar-refractivity contribution < 1.29 is 27.5 Å². The summed E-state index contributed by atoms with van der Waals surface area (Å²) in [5.41, 5.74) is -2.49. The van der Waals surface area contributed by atoms with Gasteiger partial charge in [0.2, 0.25) is 0 Å². The highest BCUT2D eigenvalue weighted by Crippen LogP contribution is 2.29. The zero-order valence-electron chi connectivity index (χ0n) is 12.7. The zero-order valence-corrected chi connectivity index (χ0v) is 12.7. The van der Waals surface area contributed by atoms with Gasteiger partial charge in [-0.25, -0.2) is 4.79 Å². The number of carbonyl (C=O) groups excluding carboxylic acids is 2. The Balaban J connectivity index is 2.07. The molecule has 0 spiro atoms. The van der Waals surface area contributed by atoms with E-state index >= 15 is 0 Å². The number of anilines is 1. The number of ether oxygens (including phenoxy) is 1. The van der Waals surface area contributed by atoms with Crippen LogP contribution in [0, 0.1) is 5.92 Å². The lowest BCUT2D eigenvalue weighted by molar-refractivity contribution is -0.145. The number of hydrogen-bond acceptors (Lipinski definition) is 4. The molecule has 0 saturated heterocycles. The average molecular weight is 347 g/mol. The number of amides is 2. The van der Waals surface area contributed by atoms with E-state index in [0.717, 1.165) is 0 Å². The Morgan fingerprint density at radius 3 is 2.67 bits per heavy atom. The van der Waals surface area contributed by atoms with Crippen molar-refractivity contribution >= 4 is 17.7 Å². The number of alkyl halides is 3. The van der Waals surface area contributed by atoms with Crippen molar-refractivity contribution in [3.63, 3.8) is 0 Å². The van der Waals surface area contributed by atoms with Gasteiger partial charge in [0, 0.05) is 12.2 Å². The molecular weight excluding hydrogens is 331 g/mol. The van der Waals surface area contributed by atoms with E-state index in [4.69, 9.17) is 0 Å². The Morgan fingerprint density at radius 1 is 1.33 bits per heavy atom. The molecule has 1 aromatic heterocycles. The van der Waals surface area contributed by atoms with Gasteiger partial charge in [0.15, 0.2) is 0 Å². The highest BCUT2D eigenvalue weighted by atomic mass is 19.4. The Kier molecular flexibility index (Phi) is 5.15. The third kappa shape index (κ3) is 4.06. The van der Waals surface area contributed by atoms with E-state index in [0.29, 0.717) is 31.5 Å². The maximum atomic E-state index is 12.6. The summed E-state index contributed by atoms with van der Waals surface area (Å²) in [5.74, 6) is -0.977. The third-order valence-electron chi connectivity index (χ3n) is 3.82. The Labute approximate surface area is 134 Å². The predicted molar refractivity (Wildman–Crippen MR) is 77.4 cm³/mol. The second-order valence-corrected chi connectivity index (χ2v) is 5.39. The minimum Gasteiger partial charge on any atom is -0.469 e. The van der Waals surface area contributed by atoms with E-state index in [1.165, 1.54) is 7.11 Å². The Bertz CT molecular complexity index is 687. The Morgan fingerprint density at radius 2 is 2.04 bits per heavy atom. The molecule has 10 heteroatoms. The average Bonchev–Trinajstić information content (AvgIpc) is 2.95. The smallest absolute Gasteiger partial charge is 0.417 e. The quantitative estimate of drug-likeness (QED) is 0.727. The first-order chi connectivity index (χ1) is 11.2. The van der Waals surface area contributed by atoms with Crippen LogP contribution in [0.3, 0.4) is 0 Å². The molecule has 7 nitrogen and oxygen atoms in total. The van der Waals surface area contributed by atoms with Gasteiger partial charge >= 0.3 is 18.2 Å². The second kappa shape index (κ2) is 6.93. The van der Waals surface area contributed by atoms with Crippen molar-refractivity contribution in [3.05, 3.63) is 28.2 Å². The fourth-order valence-electron chi connectivity index (χ4n) is 2.63. The number of aromatic nitrogens is 1. The SMILES string of the molecule is COC(=O)[C@@H]1CCC[C@H]1NC(=O)Nc1cc(C(F)(F)F)c[nH]c1=O. The summed E-state index contributed by atoms with van der Waals surface area (Å²) in [5, 5.41) is 4.57. The molecule has 0 unspecified atom stereocenters. The van der Waals surface area contributed by atoms with Gasteiger partial charge in [-0.05, 0) is 18.9 Å². The molecule has 2 atom stereocenters. The fraction of sp³-hybridized carbons (Fsp3) is 0.500. The summed E-state index contributed by atoms with van der Waals surface area (Å²) in [7, 11) is 1.24. The molecule has 0 aromatic carbocycles. The summed E-state index contributed by atoms with van der Waals surface area (Å²) in [6.45, 7) is 0. The number of pyridine rings is 1. The molecule has 1 saturated carbocycles. The first-order valence-electron chi connectivity index (χ1n) is 7.17. The van der Waals surface area contributed by atoms with Crippen LogP contribution in [0.5, 0.6) is 0 Å². The van der Waals surface area contributed by atoms with Crippen LogP contribution in [0.2, 0.25) is 0 Å². The number of carbonyl (C=O) groups is 2. The van der Waals surface area contributed by atoms with Crippen molar-refractivity contribution in [2.75, 3.05) is 12.4 Å². The van der Waals surface area contributed by atoms with Crippen molar-refractivity contribution in [2.45, 2.75) is 31.5 Å². The first kappa shape index (κ1) is 17.8. The van der Waals surface area contributed by atoms with Crippen LogP contribution in [0.4, 0.5) is 23.7 Å². The number of halogens is 3. The van der Waals surface area contributed by atoms with Crippen molar-refractivity contribution in [2.24, 2.45) is 5.92 Å². The first-order valence-corrected chi connectivity index (χ1v) is 7.17. The summed E-state index contributed by atoms with van der Waals surface area (Å²) < 4.78 is 42.6. The maximum Gasteiger partial charge on any atom is 0.417 e. The van der Waals surface area contributed by atoms with Gasteiger partial charge in [-0.3, -0.25) is 9.59 Å². The molecule has 2 rings (SSSR count). The van der Waals surface area contributed by atoms with Crippen LogP contribution in [0.25, 0.3) is 0 Å². The number of rotatable bonds is 3. The standard InChI is InChI=1S/C14H16F3N3O4/c1-24-12(22)8-3-2-4-9(8)19-13(23)20-10-5-7(14(15,16)17)6-18-11(10)21/h5-6,8-9H,2-4H2,1H3,(H,18,21)(H2,19,20,23)/t8-,9-/m1/s1. The fourth-order valence-corrected chi connectivity index (χ4v) is 2.63. The van der Waals surface area contributed by atoms with Crippen molar-refractivity contribution in [3.8, 4) is 0 Å². The number of aromatic amines is 1. The van der Waals surface area contributed by atoms with Gasteiger partial charge in [0.05, 0.1) is 18.6 Å². The van der Waals surface area contributed by atoms with Gasteiger partial charge in [0.25, 0.3) is 5.56 Å². The lowest BCUT2D eigenvalue weighted by Crippen LogP contribution is -2.43. The van der Waals surface area contributed by atoms with E-state index in [1.807, 2.05) is 4.98 Å². The van der Waals surface area contributed by atoms with E-state index in [9.17, 15) is 27.6 Å². The third-order valence-corrected chi connectivity index (χ3v) is 3.82. The molecular formula is C14H16F3N3O4. The van der Waals surface area contributed by atoms with Gasteiger partial charge < -0.3 is 20.4 Å². The summed E-state index contributed by atoms with van der Waals surface area (Å²) >= 11 is 0. The molecule has 2 amide bonds. The van der Waals surface area contributed by atoms with Crippen LogP contribution in [0.15, 0.2) is 17.1 Å². The second-order valence-electron chi connectivity index (χ2n) is 5.39. The molecule has 1 aliphatic carbocycles. The molecule has 1 fully saturated rings. The molecule has 1 aliphatic rings. The molecule has 1 aromatic rings. The molecule has 3 N–H and O–H groups in total. The monoisotopic (exact) mass is 347 g/mol. The van der Waals surface area contributed by atoms with Gasteiger partial charge in [-0.1, -0.05) is 6.42 Å². The van der Waals surface area contributed by atoms with Crippen LogP contribution >= 0.6 is 0 Å². The number of esters is 1. The zero-order chi connectivity index (χ0) is 17.9. The lowest BCUT2D eigenvalue weighted by atomic mass is 10.0. The normalized spacial score (nSPS) is 20.5. The van der Waals surface area contributed by atoms with E-state index in [1.54, 1.807) is 0 Å². The maximum absolute atomic E-state index is 12.6. The van der Waals surface area contributed by atoms with E-state index in [2.05, 4.69) is 15.4 Å². The van der Waals surface area contributed by atoms with Crippen molar-refractivity contribution in [1.82, 2.24) is 10.3 Å². The molecule has 0 bridgehead atoms. The number of H-pyrrole nitrogens is 1. The molecule has 1 heterocycles.